The predicted molar refractivity (Wildman–Crippen MR) is 139 cm³/mol. The number of hydrogen-bond acceptors (Lipinski definition) is 4. The highest BCUT2D eigenvalue weighted by molar-refractivity contribution is 6.82. The molecule has 0 saturated heterocycles. The molecule has 0 unspecified atom stereocenters. The molecular weight excluding hydrogens is 442 g/mol. The summed E-state index contributed by atoms with van der Waals surface area (Å²) in [6, 6.07) is 9.69. The van der Waals surface area contributed by atoms with E-state index < -0.39 is 19.7 Å². The molecule has 1 atom stereocenters. The second kappa shape index (κ2) is 8.75. The Hall–Kier alpha value is -2.25. The smallest absolute Gasteiger partial charge is 0.257 e. The van der Waals surface area contributed by atoms with Crippen molar-refractivity contribution in [1.29, 1.82) is 0 Å². The number of nitrogens with zero attached hydrogens (tertiary/aromatic N) is 2. The number of rotatable bonds is 6. The lowest BCUT2D eigenvalue weighted by Crippen LogP contribution is -2.55. The molecule has 3 aliphatic rings. The molecule has 0 radical (unpaired) electrons. The van der Waals surface area contributed by atoms with Crippen molar-refractivity contribution in [2.75, 3.05) is 13.1 Å². The Morgan fingerprint density at radius 3 is 2.29 bits per heavy atom. The lowest BCUT2D eigenvalue weighted by Gasteiger charge is -2.49. The molecule has 1 aliphatic carbocycles. The maximum Gasteiger partial charge on any atom is 0.257 e. The van der Waals surface area contributed by atoms with Gasteiger partial charge in [-0.3, -0.25) is 14.6 Å². The van der Waals surface area contributed by atoms with Crippen molar-refractivity contribution in [3.63, 3.8) is 0 Å². The van der Waals surface area contributed by atoms with Gasteiger partial charge in [-0.15, -0.1) is 0 Å². The van der Waals surface area contributed by atoms with Gasteiger partial charge in [-0.2, -0.15) is 0 Å². The summed E-state index contributed by atoms with van der Waals surface area (Å²) in [5.41, 5.74) is 2.47. The molecular formula is C27H39N3O3Si. The van der Waals surface area contributed by atoms with Crippen LogP contribution in [0.3, 0.4) is 0 Å². The SMILES string of the molecule is CC(C)O[C@@H](C(=O)N1CC2=C(CN=C2NC(=O)C2([Si](C)(C)C)CCC2)C1(C)C)c1ccccc1. The van der Waals surface area contributed by atoms with Gasteiger partial charge < -0.3 is 15.0 Å². The zero-order valence-electron chi connectivity index (χ0n) is 21.7. The monoisotopic (exact) mass is 481 g/mol. The largest absolute Gasteiger partial charge is 0.361 e. The lowest BCUT2D eigenvalue weighted by molar-refractivity contribution is -0.150. The quantitative estimate of drug-likeness (QED) is 0.590. The Bertz CT molecular complexity index is 1030. The summed E-state index contributed by atoms with van der Waals surface area (Å²) in [5.74, 6) is 0.731. The summed E-state index contributed by atoms with van der Waals surface area (Å²) >= 11 is 0. The van der Waals surface area contributed by atoms with Crippen LogP contribution in [0.1, 0.15) is 58.6 Å². The van der Waals surface area contributed by atoms with Crippen molar-refractivity contribution in [2.24, 2.45) is 4.99 Å². The van der Waals surface area contributed by atoms with Gasteiger partial charge in [0.15, 0.2) is 6.10 Å². The molecule has 0 aromatic heterocycles. The molecule has 1 aromatic rings. The normalized spacial score (nSPS) is 21.8. The van der Waals surface area contributed by atoms with Crippen molar-refractivity contribution >= 4 is 25.7 Å². The van der Waals surface area contributed by atoms with Crippen molar-refractivity contribution < 1.29 is 14.3 Å². The Labute approximate surface area is 204 Å². The average molecular weight is 482 g/mol. The third-order valence-corrected chi connectivity index (χ3v) is 11.7. The molecule has 2 amide bonds. The minimum Gasteiger partial charge on any atom is -0.361 e. The summed E-state index contributed by atoms with van der Waals surface area (Å²) in [6.45, 7) is 15.8. The van der Waals surface area contributed by atoms with Crippen molar-refractivity contribution in [1.82, 2.24) is 10.2 Å². The second-order valence-electron chi connectivity index (χ2n) is 11.7. The van der Waals surface area contributed by atoms with Crippen LogP contribution in [0.15, 0.2) is 46.5 Å². The van der Waals surface area contributed by atoms with Crippen LogP contribution in [-0.2, 0) is 14.3 Å². The maximum atomic E-state index is 13.9. The molecule has 1 aromatic carbocycles. The zero-order chi connectivity index (χ0) is 24.9. The van der Waals surface area contributed by atoms with E-state index in [-0.39, 0.29) is 23.0 Å². The first-order valence-electron chi connectivity index (χ1n) is 12.5. The topological polar surface area (TPSA) is 71.0 Å². The van der Waals surface area contributed by atoms with E-state index in [1.165, 1.54) is 0 Å². The number of hydrogen-bond donors (Lipinski definition) is 1. The van der Waals surface area contributed by atoms with E-state index in [1.807, 2.05) is 49.1 Å². The van der Waals surface area contributed by atoms with E-state index in [0.29, 0.717) is 18.9 Å². The molecule has 0 spiro atoms. The van der Waals surface area contributed by atoms with Crippen LogP contribution in [0.4, 0.5) is 0 Å². The summed E-state index contributed by atoms with van der Waals surface area (Å²) in [6.07, 6.45) is 2.30. The van der Waals surface area contributed by atoms with Crippen LogP contribution >= 0.6 is 0 Å². The van der Waals surface area contributed by atoms with Crippen LogP contribution in [-0.4, -0.2) is 55.4 Å². The molecule has 184 valence electrons. The second-order valence-corrected chi connectivity index (χ2v) is 17.2. The molecule has 6 nitrogen and oxygen atoms in total. The van der Waals surface area contributed by atoms with Gasteiger partial charge in [0, 0.05) is 10.6 Å². The minimum atomic E-state index is -1.68. The van der Waals surface area contributed by atoms with E-state index in [4.69, 9.17) is 9.73 Å². The summed E-state index contributed by atoms with van der Waals surface area (Å²) in [4.78, 5) is 33.9. The van der Waals surface area contributed by atoms with Crippen molar-refractivity contribution in [2.45, 2.75) is 89.4 Å². The van der Waals surface area contributed by atoms with Gasteiger partial charge in [0.1, 0.15) is 5.84 Å². The van der Waals surface area contributed by atoms with Gasteiger partial charge in [-0.25, -0.2) is 0 Å². The molecule has 4 rings (SSSR count). The minimum absolute atomic E-state index is 0.0532. The Balaban J connectivity index is 1.56. The Kier molecular flexibility index (Phi) is 6.40. The number of ether oxygens (including phenoxy) is 1. The molecule has 34 heavy (non-hydrogen) atoms. The molecule has 7 heteroatoms. The number of amides is 2. The van der Waals surface area contributed by atoms with E-state index in [1.54, 1.807) is 0 Å². The van der Waals surface area contributed by atoms with Crippen LogP contribution < -0.4 is 5.32 Å². The van der Waals surface area contributed by atoms with Crippen LogP contribution in [0, 0.1) is 0 Å². The zero-order valence-corrected chi connectivity index (χ0v) is 22.7. The first-order valence-corrected chi connectivity index (χ1v) is 16.0. The summed E-state index contributed by atoms with van der Waals surface area (Å²) < 4.78 is 6.12. The highest BCUT2D eigenvalue weighted by atomic mass is 28.3. The standard InChI is InChI=1S/C27H39N3O3Si/c1-18(2)33-22(19-12-9-8-10-13-19)24(31)30-17-20-21(26(30,3)4)16-28-23(20)29-25(32)27(14-11-15-27)34(5,6)7/h8-10,12-13,18,22H,11,14-17H2,1-7H3,(H,28,29,32)/t22-/m1/s1. The Morgan fingerprint density at radius 2 is 1.76 bits per heavy atom. The van der Waals surface area contributed by atoms with Crippen LogP contribution in [0.25, 0.3) is 0 Å². The predicted octanol–water partition coefficient (Wildman–Crippen LogP) is 4.86. The first-order chi connectivity index (χ1) is 15.9. The van der Waals surface area contributed by atoms with Gasteiger partial charge >= 0.3 is 0 Å². The van der Waals surface area contributed by atoms with Gasteiger partial charge in [0.25, 0.3) is 5.91 Å². The highest BCUT2D eigenvalue weighted by Gasteiger charge is 2.54. The van der Waals surface area contributed by atoms with E-state index in [2.05, 4.69) is 38.8 Å². The van der Waals surface area contributed by atoms with E-state index in [0.717, 1.165) is 36.0 Å². The maximum absolute atomic E-state index is 13.9. The van der Waals surface area contributed by atoms with Crippen molar-refractivity contribution in [3.05, 3.63) is 47.0 Å². The number of carbonyl (C=O) groups excluding carboxylic acids is 2. The number of amidine groups is 1. The molecule has 1 saturated carbocycles. The van der Waals surface area contributed by atoms with E-state index >= 15 is 0 Å². The molecule has 2 aliphatic heterocycles. The number of nitrogens with one attached hydrogen (secondary N) is 1. The van der Waals surface area contributed by atoms with Gasteiger partial charge in [0.2, 0.25) is 5.91 Å². The Morgan fingerprint density at radius 1 is 1.12 bits per heavy atom. The van der Waals surface area contributed by atoms with Crippen LogP contribution in [0.2, 0.25) is 24.7 Å². The van der Waals surface area contributed by atoms with Crippen LogP contribution in [0.5, 0.6) is 0 Å². The third-order valence-electron chi connectivity index (χ3n) is 8.09. The number of benzene rings is 1. The molecule has 1 N–H and O–H groups in total. The fourth-order valence-electron chi connectivity index (χ4n) is 5.61. The number of carbonyl (C=O) groups is 2. The molecule has 0 bridgehead atoms. The van der Waals surface area contributed by atoms with Gasteiger partial charge in [0.05, 0.1) is 32.8 Å². The highest BCUT2D eigenvalue weighted by Crippen LogP contribution is 2.55. The van der Waals surface area contributed by atoms with Gasteiger partial charge in [-0.05, 0) is 51.7 Å². The summed E-state index contributed by atoms with van der Waals surface area (Å²) in [7, 11) is -1.68. The molecule has 1 fully saturated rings. The fourth-order valence-corrected chi connectivity index (χ4v) is 8.21. The number of aliphatic imine (C=N–C) groups is 1. The van der Waals surface area contributed by atoms with Gasteiger partial charge in [-0.1, -0.05) is 56.4 Å². The van der Waals surface area contributed by atoms with Crippen molar-refractivity contribution in [3.8, 4) is 0 Å². The third kappa shape index (κ3) is 4.07. The first kappa shape index (κ1) is 24.9. The molecule has 2 heterocycles. The lowest BCUT2D eigenvalue weighted by atomic mass is 9.83. The average Bonchev–Trinajstić information content (AvgIpc) is 3.22. The summed E-state index contributed by atoms with van der Waals surface area (Å²) in [5, 5.41) is 2.99. The fraction of sp³-hybridized carbons (Fsp3) is 0.593. The van der Waals surface area contributed by atoms with E-state index in [9.17, 15) is 9.59 Å².